The zero-order valence-electron chi connectivity index (χ0n) is 13.5. The molecule has 0 aromatic heterocycles. The molecule has 0 fully saturated rings. The Balaban J connectivity index is 2.01. The van der Waals surface area contributed by atoms with E-state index in [-0.39, 0.29) is 11.5 Å². The van der Waals surface area contributed by atoms with Crippen molar-refractivity contribution in [1.29, 1.82) is 0 Å². The van der Waals surface area contributed by atoms with E-state index in [0.29, 0.717) is 16.3 Å². The van der Waals surface area contributed by atoms with Crippen molar-refractivity contribution < 1.29 is 14.3 Å². The SMILES string of the molecule is COC(=O)C(Oc1ccc2ccccc2c1)=C(N)c1ccc(Cl)cc1. The highest BCUT2D eigenvalue weighted by atomic mass is 35.5. The second kappa shape index (κ2) is 7.28. The molecule has 0 radical (unpaired) electrons. The van der Waals surface area contributed by atoms with E-state index in [2.05, 4.69) is 0 Å². The van der Waals surface area contributed by atoms with Gasteiger partial charge in [0, 0.05) is 10.6 Å². The van der Waals surface area contributed by atoms with E-state index in [1.54, 1.807) is 30.3 Å². The lowest BCUT2D eigenvalue weighted by Gasteiger charge is -2.12. The van der Waals surface area contributed by atoms with Gasteiger partial charge in [-0.3, -0.25) is 0 Å². The maximum absolute atomic E-state index is 12.2. The largest absolute Gasteiger partial charge is 0.463 e. The molecule has 0 aliphatic rings. The van der Waals surface area contributed by atoms with Crippen LogP contribution >= 0.6 is 11.6 Å². The van der Waals surface area contributed by atoms with Crippen molar-refractivity contribution in [2.24, 2.45) is 5.73 Å². The summed E-state index contributed by atoms with van der Waals surface area (Å²) in [6.45, 7) is 0. The average Bonchev–Trinajstić information content (AvgIpc) is 2.65. The Kier molecular flexibility index (Phi) is 4.91. The molecule has 0 bridgehead atoms. The molecule has 0 aliphatic heterocycles. The monoisotopic (exact) mass is 353 g/mol. The number of nitrogens with two attached hydrogens (primary N) is 1. The Morgan fingerprint density at radius 1 is 0.960 bits per heavy atom. The fourth-order valence-electron chi connectivity index (χ4n) is 2.41. The highest BCUT2D eigenvalue weighted by molar-refractivity contribution is 6.30. The van der Waals surface area contributed by atoms with Crippen molar-refractivity contribution in [1.82, 2.24) is 0 Å². The van der Waals surface area contributed by atoms with Crippen LogP contribution in [0.25, 0.3) is 16.5 Å². The van der Waals surface area contributed by atoms with Gasteiger partial charge in [0.15, 0.2) is 0 Å². The predicted octanol–water partition coefficient (Wildman–Crippen LogP) is 4.37. The number of fused-ring (bicyclic) bond motifs is 1. The van der Waals surface area contributed by atoms with E-state index in [1.807, 2.05) is 36.4 Å². The van der Waals surface area contributed by atoms with Crippen LogP contribution in [0.5, 0.6) is 5.75 Å². The molecule has 0 atom stereocenters. The van der Waals surface area contributed by atoms with Gasteiger partial charge in [0.2, 0.25) is 5.76 Å². The summed E-state index contributed by atoms with van der Waals surface area (Å²) in [6.07, 6.45) is 0. The highest BCUT2D eigenvalue weighted by Crippen LogP contribution is 2.25. The first-order valence-corrected chi connectivity index (χ1v) is 7.97. The quantitative estimate of drug-likeness (QED) is 0.429. The third-order valence-electron chi connectivity index (χ3n) is 3.71. The molecular weight excluding hydrogens is 338 g/mol. The van der Waals surface area contributed by atoms with Gasteiger partial charge in [-0.1, -0.05) is 54.1 Å². The molecule has 0 spiro atoms. The zero-order valence-corrected chi connectivity index (χ0v) is 14.3. The minimum absolute atomic E-state index is 0.0693. The number of esters is 1. The summed E-state index contributed by atoms with van der Waals surface area (Å²) >= 11 is 5.89. The smallest absolute Gasteiger partial charge is 0.376 e. The van der Waals surface area contributed by atoms with Crippen molar-refractivity contribution in [3.05, 3.63) is 83.1 Å². The Hall–Kier alpha value is -2.98. The highest BCUT2D eigenvalue weighted by Gasteiger charge is 2.19. The molecule has 0 saturated heterocycles. The van der Waals surface area contributed by atoms with Crippen molar-refractivity contribution in [3.63, 3.8) is 0 Å². The number of rotatable bonds is 4. The molecule has 0 amide bonds. The number of halogens is 1. The van der Waals surface area contributed by atoms with E-state index in [1.165, 1.54) is 7.11 Å². The van der Waals surface area contributed by atoms with Crippen LogP contribution in [0.1, 0.15) is 5.56 Å². The van der Waals surface area contributed by atoms with Crippen molar-refractivity contribution in [2.75, 3.05) is 7.11 Å². The molecule has 3 rings (SSSR count). The van der Waals surface area contributed by atoms with Crippen LogP contribution in [0.15, 0.2) is 72.5 Å². The van der Waals surface area contributed by atoms with Gasteiger partial charge in [-0.25, -0.2) is 4.79 Å². The number of carbonyl (C=O) groups is 1. The molecule has 0 unspecified atom stereocenters. The van der Waals surface area contributed by atoms with E-state index in [9.17, 15) is 4.79 Å². The van der Waals surface area contributed by atoms with E-state index in [0.717, 1.165) is 10.8 Å². The summed E-state index contributed by atoms with van der Waals surface area (Å²) in [4.78, 5) is 12.2. The third-order valence-corrected chi connectivity index (χ3v) is 3.96. The lowest BCUT2D eigenvalue weighted by atomic mass is 10.1. The number of hydrogen-bond acceptors (Lipinski definition) is 4. The summed E-state index contributed by atoms with van der Waals surface area (Å²) in [5, 5.41) is 2.64. The second-order valence-electron chi connectivity index (χ2n) is 5.35. The molecular formula is C20H16ClNO3. The molecule has 126 valence electrons. The maximum atomic E-state index is 12.2. The Labute approximate surface area is 150 Å². The molecule has 0 heterocycles. The van der Waals surface area contributed by atoms with Crippen LogP contribution in [0.4, 0.5) is 0 Å². The van der Waals surface area contributed by atoms with Crippen molar-refractivity contribution in [3.8, 4) is 5.75 Å². The Morgan fingerprint density at radius 2 is 1.64 bits per heavy atom. The molecule has 3 aromatic rings. The summed E-state index contributed by atoms with van der Waals surface area (Å²) < 4.78 is 10.6. The van der Waals surface area contributed by atoms with Crippen LogP contribution in [0.3, 0.4) is 0 Å². The number of hydrogen-bond donors (Lipinski definition) is 1. The van der Waals surface area contributed by atoms with Crippen LogP contribution in [0.2, 0.25) is 5.02 Å². The summed E-state index contributed by atoms with van der Waals surface area (Å²) in [5.41, 5.74) is 6.93. The molecule has 25 heavy (non-hydrogen) atoms. The standard InChI is InChI=1S/C20H16ClNO3/c1-24-20(23)19(18(22)14-6-9-16(21)10-7-14)25-17-11-8-13-4-2-3-5-15(13)12-17/h2-12H,22H2,1H3. The molecule has 4 nitrogen and oxygen atoms in total. The first-order chi connectivity index (χ1) is 12.1. The summed E-state index contributed by atoms with van der Waals surface area (Å²) in [6, 6.07) is 20.2. The van der Waals surface area contributed by atoms with Crippen LogP contribution in [-0.4, -0.2) is 13.1 Å². The van der Waals surface area contributed by atoms with E-state index < -0.39 is 5.97 Å². The second-order valence-corrected chi connectivity index (χ2v) is 5.79. The number of methoxy groups -OCH3 is 1. The van der Waals surface area contributed by atoms with Gasteiger partial charge in [0.25, 0.3) is 0 Å². The summed E-state index contributed by atoms with van der Waals surface area (Å²) in [7, 11) is 1.28. The molecule has 5 heteroatoms. The normalized spacial score (nSPS) is 11.8. The lowest BCUT2D eigenvalue weighted by Crippen LogP contribution is -2.17. The van der Waals surface area contributed by atoms with Gasteiger partial charge >= 0.3 is 5.97 Å². The van der Waals surface area contributed by atoms with Crippen LogP contribution < -0.4 is 10.5 Å². The van der Waals surface area contributed by atoms with Crippen molar-refractivity contribution >= 4 is 34.0 Å². The third kappa shape index (κ3) is 3.75. The van der Waals surface area contributed by atoms with Crippen molar-refractivity contribution in [2.45, 2.75) is 0 Å². The Morgan fingerprint density at radius 3 is 2.32 bits per heavy atom. The molecule has 2 N–H and O–H groups in total. The van der Waals surface area contributed by atoms with Gasteiger partial charge in [-0.05, 0) is 35.0 Å². The van der Waals surface area contributed by atoms with E-state index in [4.69, 9.17) is 26.8 Å². The van der Waals surface area contributed by atoms with Gasteiger partial charge in [0.1, 0.15) is 5.75 Å². The number of ether oxygens (including phenoxy) is 2. The minimum atomic E-state index is -0.652. The molecule has 0 aliphatic carbocycles. The number of carbonyl (C=O) groups excluding carboxylic acids is 1. The van der Waals surface area contributed by atoms with Gasteiger partial charge in [-0.2, -0.15) is 0 Å². The average molecular weight is 354 g/mol. The minimum Gasteiger partial charge on any atom is -0.463 e. The van der Waals surface area contributed by atoms with Crippen LogP contribution in [-0.2, 0) is 9.53 Å². The van der Waals surface area contributed by atoms with Gasteiger partial charge in [-0.15, -0.1) is 0 Å². The maximum Gasteiger partial charge on any atom is 0.376 e. The van der Waals surface area contributed by atoms with Gasteiger partial charge < -0.3 is 15.2 Å². The fraction of sp³-hybridized carbons (Fsp3) is 0.0500. The number of benzene rings is 3. The van der Waals surface area contributed by atoms with E-state index >= 15 is 0 Å². The topological polar surface area (TPSA) is 61.5 Å². The molecule has 0 saturated carbocycles. The van der Waals surface area contributed by atoms with Gasteiger partial charge in [0.05, 0.1) is 12.8 Å². The lowest BCUT2D eigenvalue weighted by molar-refractivity contribution is -0.138. The predicted molar refractivity (Wildman–Crippen MR) is 99.2 cm³/mol. The first-order valence-electron chi connectivity index (χ1n) is 7.59. The Bertz CT molecular complexity index is 949. The fourth-order valence-corrected chi connectivity index (χ4v) is 2.53. The summed E-state index contributed by atoms with van der Waals surface area (Å²) in [5.74, 6) is -0.225. The van der Waals surface area contributed by atoms with Crippen LogP contribution in [0, 0.1) is 0 Å². The first kappa shape index (κ1) is 16.9. The molecule has 3 aromatic carbocycles. The zero-order chi connectivity index (χ0) is 17.8.